The number of aryl methyl sites for hydroxylation is 1. The van der Waals surface area contributed by atoms with E-state index in [9.17, 15) is 9.59 Å². The largest absolute Gasteiger partial charge is 0.462 e. The Morgan fingerprint density at radius 1 is 1.25 bits per heavy atom. The molecular weight excluding hydrogens is 493 g/mol. The number of hydrogen-bond acceptors (Lipinski definition) is 6. The fraction of sp³-hybridized carbons (Fsp3) is 0.667. The Morgan fingerprint density at radius 3 is 2.39 bits per heavy atom. The summed E-state index contributed by atoms with van der Waals surface area (Å²) in [5.41, 5.74) is 0.253. The summed E-state index contributed by atoms with van der Waals surface area (Å²) >= 11 is 1.32. The summed E-state index contributed by atoms with van der Waals surface area (Å²) in [5.74, 6) is 0.256. The molecule has 0 aromatic carbocycles. The standard InChI is InChI=1S/C18H31N5O3S.HI/c1-8-26-15(24)13-11(2)22-14(27-13)12(3)23-17(19-7)21-10-9-20-16(25)18(4,5)6;/h12H,8-10H2,1-7H3,(H,20,25)(H2,19,21,23);1H. The van der Waals surface area contributed by atoms with Crippen LogP contribution in [0.2, 0.25) is 0 Å². The Balaban J connectivity index is 0.00000729. The molecule has 3 N–H and O–H groups in total. The molecule has 28 heavy (non-hydrogen) atoms. The van der Waals surface area contributed by atoms with Gasteiger partial charge in [0.15, 0.2) is 5.96 Å². The lowest BCUT2D eigenvalue weighted by molar-refractivity contribution is -0.128. The van der Waals surface area contributed by atoms with Crippen LogP contribution in [0.15, 0.2) is 4.99 Å². The zero-order chi connectivity index (χ0) is 20.6. The van der Waals surface area contributed by atoms with E-state index in [0.29, 0.717) is 36.2 Å². The Bertz CT molecular complexity index is 685. The van der Waals surface area contributed by atoms with Crippen LogP contribution in [0.25, 0.3) is 0 Å². The van der Waals surface area contributed by atoms with E-state index in [-0.39, 0.29) is 41.9 Å². The summed E-state index contributed by atoms with van der Waals surface area (Å²) in [7, 11) is 1.67. The maximum absolute atomic E-state index is 11.9. The third kappa shape index (κ3) is 8.29. The van der Waals surface area contributed by atoms with Crippen molar-refractivity contribution in [3.63, 3.8) is 0 Å². The summed E-state index contributed by atoms with van der Waals surface area (Å²) in [6, 6.07) is -0.132. The SMILES string of the molecule is CCOC(=O)c1sc(C(C)NC(=NC)NCCNC(=O)C(C)(C)C)nc1C.I. The van der Waals surface area contributed by atoms with Crippen LogP contribution in [0, 0.1) is 12.3 Å². The molecule has 1 aromatic rings. The van der Waals surface area contributed by atoms with Gasteiger partial charge in [-0.15, -0.1) is 35.3 Å². The van der Waals surface area contributed by atoms with Gasteiger partial charge in [-0.3, -0.25) is 9.79 Å². The maximum atomic E-state index is 11.9. The molecule has 160 valence electrons. The fourth-order valence-corrected chi connectivity index (χ4v) is 3.04. The number of ether oxygens (including phenoxy) is 1. The lowest BCUT2D eigenvalue weighted by Gasteiger charge is -2.19. The Hall–Kier alpha value is -1.43. The molecule has 1 atom stereocenters. The molecule has 8 nitrogen and oxygen atoms in total. The van der Waals surface area contributed by atoms with E-state index in [0.717, 1.165) is 5.01 Å². The molecule has 0 aliphatic carbocycles. The molecule has 1 unspecified atom stereocenters. The summed E-state index contributed by atoms with van der Waals surface area (Å²) in [6.07, 6.45) is 0. The van der Waals surface area contributed by atoms with Crippen LogP contribution in [0.4, 0.5) is 0 Å². The van der Waals surface area contributed by atoms with Gasteiger partial charge in [0.2, 0.25) is 5.91 Å². The van der Waals surface area contributed by atoms with E-state index in [4.69, 9.17) is 4.74 Å². The first-order valence-electron chi connectivity index (χ1n) is 9.00. The van der Waals surface area contributed by atoms with Gasteiger partial charge in [0, 0.05) is 25.6 Å². The van der Waals surface area contributed by atoms with E-state index in [2.05, 4.69) is 25.9 Å². The normalized spacial score (nSPS) is 12.6. The van der Waals surface area contributed by atoms with Crippen molar-refractivity contribution >= 4 is 53.1 Å². The number of aliphatic imine (C=N–C) groups is 1. The molecule has 0 radical (unpaired) electrons. The van der Waals surface area contributed by atoms with Crippen LogP contribution in [-0.2, 0) is 9.53 Å². The molecule has 0 fully saturated rings. The van der Waals surface area contributed by atoms with Crippen molar-refractivity contribution in [1.29, 1.82) is 0 Å². The van der Waals surface area contributed by atoms with Crippen molar-refractivity contribution in [3.8, 4) is 0 Å². The lowest BCUT2D eigenvalue weighted by Crippen LogP contribution is -2.44. The Morgan fingerprint density at radius 2 is 1.86 bits per heavy atom. The van der Waals surface area contributed by atoms with Gasteiger partial charge in [0.25, 0.3) is 0 Å². The van der Waals surface area contributed by atoms with E-state index in [1.807, 2.05) is 27.7 Å². The van der Waals surface area contributed by atoms with Gasteiger partial charge in [0.05, 0.1) is 18.3 Å². The van der Waals surface area contributed by atoms with Crippen LogP contribution in [0.3, 0.4) is 0 Å². The van der Waals surface area contributed by atoms with Gasteiger partial charge >= 0.3 is 5.97 Å². The minimum absolute atomic E-state index is 0. The van der Waals surface area contributed by atoms with Crippen molar-refractivity contribution in [2.24, 2.45) is 10.4 Å². The van der Waals surface area contributed by atoms with Gasteiger partial charge in [-0.1, -0.05) is 20.8 Å². The summed E-state index contributed by atoms with van der Waals surface area (Å²) in [5, 5.41) is 10.0. The number of carbonyl (C=O) groups excluding carboxylic acids is 2. The highest BCUT2D eigenvalue weighted by Gasteiger charge is 2.21. The van der Waals surface area contributed by atoms with E-state index < -0.39 is 5.41 Å². The van der Waals surface area contributed by atoms with Crippen molar-refractivity contribution < 1.29 is 14.3 Å². The van der Waals surface area contributed by atoms with Crippen LogP contribution >= 0.6 is 35.3 Å². The van der Waals surface area contributed by atoms with Gasteiger partial charge in [-0.25, -0.2) is 9.78 Å². The molecule has 1 heterocycles. The molecule has 0 aliphatic heterocycles. The molecule has 0 spiro atoms. The molecule has 0 saturated carbocycles. The van der Waals surface area contributed by atoms with Gasteiger partial charge in [-0.2, -0.15) is 0 Å². The second-order valence-electron chi connectivity index (χ2n) is 7.06. The lowest BCUT2D eigenvalue weighted by atomic mass is 9.96. The number of guanidine groups is 1. The number of aromatic nitrogens is 1. The first kappa shape index (κ1) is 26.6. The smallest absolute Gasteiger partial charge is 0.350 e. The Labute approximate surface area is 188 Å². The maximum Gasteiger partial charge on any atom is 0.350 e. The molecule has 0 saturated heterocycles. The van der Waals surface area contributed by atoms with E-state index in [1.165, 1.54) is 11.3 Å². The minimum Gasteiger partial charge on any atom is -0.462 e. The number of thiazole rings is 1. The fourth-order valence-electron chi connectivity index (χ4n) is 2.07. The number of nitrogens with zero attached hydrogens (tertiary/aromatic N) is 2. The average molecular weight is 525 g/mol. The highest BCUT2D eigenvalue weighted by atomic mass is 127. The van der Waals surface area contributed by atoms with Crippen LogP contribution in [0.1, 0.15) is 61.0 Å². The third-order valence-corrected chi connectivity index (χ3v) is 4.93. The monoisotopic (exact) mass is 525 g/mol. The molecule has 1 amide bonds. The molecule has 0 bridgehead atoms. The zero-order valence-electron chi connectivity index (χ0n) is 17.6. The second-order valence-corrected chi connectivity index (χ2v) is 8.09. The molecular formula is C18H32IN5O3S. The van der Waals surface area contributed by atoms with Crippen LogP contribution in [0.5, 0.6) is 0 Å². The third-order valence-electron chi connectivity index (χ3n) is 3.61. The van der Waals surface area contributed by atoms with E-state index >= 15 is 0 Å². The number of carbonyl (C=O) groups is 2. The van der Waals surface area contributed by atoms with E-state index in [1.54, 1.807) is 20.9 Å². The number of amides is 1. The zero-order valence-corrected chi connectivity index (χ0v) is 20.8. The number of esters is 1. The molecule has 1 rings (SSSR count). The summed E-state index contributed by atoms with van der Waals surface area (Å²) < 4.78 is 5.05. The highest BCUT2D eigenvalue weighted by Crippen LogP contribution is 2.24. The van der Waals surface area contributed by atoms with Crippen LogP contribution in [-0.4, -0.2) is 49.6 Å². The topological polar surface area (TPSA) is 105 Å². The Kier molecular flexibility index (Phi) is 11.6. The summed E-state index contributed by atoms with van der Waals surface area (Å²) in [6.45, 7) is 12.5. The number of halogens is 1. The van der Waals surface area contributed by atoms with Crippen LogP contribution < -0.4 is 16.0 Å². The van der Waals surface area contributed by atoms with Crippen molar-refractivity contribution in [3.05, 3.63) is 15.6 Å². The molecule has 10 heteroatoms. The van der Waals surface area contributed by atoms with Crippen molar-refractivity contribution in [2.75, 3.05) is 26.7 Å². The number of nitrogens with one attached hydrogen (secondary N) is 3. The minimum atomic E-state index is -0.409. The predicted octanol–water partition coefficient (Wildman–Crippen LogP) is 2.63. The first-order chi connectivity index (χ1) is 12.6. The number of hydrogen-bond donors (Lipinski definition) is 3. The second kappa shape index (κ2) is 12.2. The van der Waals surface area contributed by atoms with Crippen molar-refractivity contribution in [2.45, 2.75) is 47.6 Å². The quantitative estimate of drug-likeness (QED) is 0.166. The van der Waals surface area contributed by atoms with Gasteiger partial charge < -0.3 is 20.7 Å². The first-order valence-corrected chi connectivity index (χ1v) is 9.81. The highest BCUT2D eigenvalue weighted by molar-refractivity contribution is 14.0. The molecule has 0 aliphatic rings. The average Bonchev–Trinajstić information content (AvgIpc) is 2.98. The predicted molar refractivity (Wildman–Crippen MR) is 124 cm³/mol. The number of rotatable bonds is 7. The summed E-state index contributed by atoms with van der Waals surface area (Å²) in [4.78, 5) is 32.9. The molecule has 1 aromatic heterocycles. The van der Waals surface area contributed by atoms with Gasteiger partial charge in [-0.05, 0) is 20.8 Å². The van der Waals surface area contributed by atoms with Gasteiger partial charge in [0.1, 0.15) is 9.88 Å². The van der Waals surface area contributed by atoms with Crippen molar-refractivity contribution in [1.82, 2.24) is 20.9 Å².